The molecule has 4 rings (SSSR count). The maximum absolute atomic E-state index is 13.0. The summed E-state index contributed by atoms with van der Waals surface area (Å²) in [5.41, 5.74) is 3.08. The fraction of sp³-hybridized carbons (Fsp3) is 0.320. The molecule has 1 aliphatic rings. The third kappa shape index (κ3) is 4.38. The number of anilines is 1. The van der Waals surface area contributed by atoms with E-state index in [0.717, 1.165) is 35.9 Å². The van der Waals surface area contributed by atoms with E-state index in [1.807, 2.05) is 49.1 Å². The molecule has 0 saturated carbocycles. The quantitative estimate of drug-likeness (QED) is 0.662. The molecule has 6 heteroatoms. The molecule has 0 unspecified atom stereocenters. The molecular weight excluding hydrogens is 390 g/mol. The molecule has 0 spiro atoms. The van der Waals surface area contributed by atoms with Gasteiger partial charge in [-0.3, -0.25) is 14.4 Å². The second-order valence-electron chi connectivity index (χ2n) is 8.19. The minimum atomic E-state index is -0.187. The van der Waals surface area contributed by atoms with E-state index >= 15 is 0 Å². The molecule has 160 valence electrons. The van der Waals surface area contributed by atoms with Crippen LogP contribution in [0.5, 0.6) is 0 Å². The largest absolute Gasteiger partial charge is 0.343 e. The van der Waals surface area contributed by atoms with Crippen LogP contribution in [0.25, 0.3) is 10.8 Å². The summed E-state index contributed by atoms with van der Waals surface area (Å²) in [5.74, 6) is 0.0169. The number of aromatic nitrogens is 1. The minimum absolute atomic E-state index is 0.0897. The van der Waals surface area contributed by atoms with Gasteiger partial charge < -0.3 is 14.8 Å². The van der Waals surface area contributed by atoms with Crippen molar-refractivity contribution in [1.29, 1.82) is 0 Å². The molecule has 0 aliphatic carbocycles. The molecule has 0 bridgehead atoms. The van der Waals surface area contributed by atoms with Gasteiger partial charge in [-0.1, -0.05) is 23.8 Å². The number of likely N-dealkylation sites (tertiary alicyclic amines) is 1. The lowest BCUT2D eigenvalue weighted by Gasteiger charge is -2.16. The van der Waals surface area contributed by atoms with E-state index in [9.17, 15) is 14.4 Å². The Morgan fingerprint density at radius 3 is 2.65 bits per heavy atom. The molecule has 0 radical (unpaired) electrons. The van der Waals surface area contributed by atoms with Crippen molar-refractivity contribution in [3.8, 4) is 0 Å². The third-order valence-corrected chi connectivity index (χ3v) is 5.90. The molecule has 31 heavy (non-hydrogen) atoms. The molecule has 1 aliphatic heterocycles. The van der Waals surface area contributed by atoms with Gasteiger partial charge in [0.2, 0.25) is 5.91 Å². The predicted molar refractivity (Wildman–Crippen MR) is 123 cm³/mol. The lowest BCUT2D eigenvalue weighted by atomic mass is 10.0. The van der Waals surface area contributed by atoms with Crippen LogP contribution in [0, 0.1) is 13.8 Å². The maximum atomic E-state index is 13.0. The summed E-state index contributed by atoms with van der Waals surface area (Å²) >= 11 is 0. The average Bonchev–Trinajstić information content (AvgIpc) is 3.16. The molecule has 2 heterocycles. The Kier molecular flexibility index (Phi) is 5.89. The van der Waals surface area contributed by atoms with Crippen LogP contribution in [0.1, 0.15) is 40.7 Å². The molecule has 2 amide bonds. The van der Waals surface area contributed by atoms with Crippen molar-refractivity contribution in [3.63, 3.8) is 0 Å². The Hall–Kier alpha value is -3.41. The van der Waals surface area contributed by atoms with Crippen LogP contribution in [0.15, 0.2) is 53.5 Å². The van der Waals surface area contributed by atoms with Crippen molar-refractivity contribution in [1.82, 2.24) is 9.47 Å². The van der Waals surface area contributed by atoms with Crippen LogP contribution in [-0.4, -0.2) is 34.4 Å². The fourth-order valence-corrected chi connectivity index (χ4v) is 4.15. The van der Waals surface area contributed by atoms with Crippen LogP contribution in [0.2, 0.25) is 0 Å². The zero-order valence-corrected chi connectivity index (χ0v) is 18.0. The van der Waals surface area contributed by atoms with Gasteiger partial charge in [-0.25, -0.2) is 0 Å². The molecule has 1 aromatic heterocycles. The van der Waals surface area contributed by atoms with Crippen molar-refractivity contribution in [2.45, 2.75) is 39.7 Å². The Labute approximate surface area is 181 Å². The van der Waals surface area contributed by atoms with Crippen LogP contribution in [-0.2, 0) is 11.3 Å². The maximum Gasteiger partial charge on any atom is 0.258 e. The van der Waals surface area contributed by atoms with E-state index in [4.69, 9.17) is 0 Å². The van der Waals surface area contributed by atoms with Crippen LogP contribution >= 0.6 is 0 Å². The van der Waals surface area contributed by atoms with E-state index in [1.165, 1.54) is 0 Å². The van der Waals surface area contributed by atoms with Gasteiger partial charge in [0.05, 0.1) is 0 Å². The second-order valence-corrected chi connectivity index (χ2v) is 8.19. The summed E-state index contributed by atoms with van der Waals surface area (Å²) in [7, 11) is 0. The third-order valence-electron chi connectivity index (χ3n) is 5.90. The lowest BCUT2D eigenvalue weighted by molar-refractivity contribution is -0.127. The SMILES string of the molecule is Cc1ccc(C)c(C(=O)Nc2cccc3c(=O)n(CCCN4CCCC4=O)ccc23)c1. The number of fused-ring (bicyclic) bond motifs is 1. The summed E-state index contributed by atoms with van der Waals surface area (Å²) < 4.78 is 1.68. The molecule has 3 aromatic rings. The molecule has 2 aromatic carbocycles. The number of nitrogens with one attached hydrogen (secondary N) is 1. The smallest absolute Gasteiger partial charge is 0.258 e. The molecule has 0 atom stereocenters. The van der Waals surface area contributed by atoms with Gasteiger partial charge in [0, 0.05) is 54.3 Å². The molecule has 1 fully saturated rings. The number of hydrogen-bond acceptors (Lipinski definition) is 3. The van der Waals surface area contributed by atoms with Crippen molar-refractivity contribution in [2.75, 3.05) is 18.4 Å². The van der Waals surface area contributed by atoms with E-state index in [-0.39, 0.29) is 17.4 Å². The van der Waals surface area contributed by atoms with Crippen LogP contribution in [0.3, 0.4) is 0 Å². The Balaban J connectivity index is 1.54. The van der Waals surface area contributed by atoms with E-state index < -0.39 is 0 Å². The van der Waals surface area contributed by atoms with Crippen molar-refractivity contribution >= 4 is 28.3 Å². The highest BCUT2D eigenvalue weighted by Gasteiger charge is 2.19. The fourth-order valence-electron chi connectivity index (χ4n) is 4.15. The highest BCUT2D eigenvalue weighted by molar-refractivity contribution is 6.09. The first kappa shape index (κ1) is 20.8. The summed E-state index contributed by atoms with van der Waals surface area (Å²) in [6.45, 7) is 5.91. The zero-order valence-electron chi connectivity index (χ0n) is 18.0. The number of rotatable bonds is 6. The van der Waals surface area contributed by atoms with Crippen molar-refractivity contribution < 1.29 is 9.59 Å². The van der Waals surface area contributed by atoms with E-state index in [1.54, 1.807) is 22.9 Å². The first-order valence-corrected chi connectivity index (χ1v) is 10.7. The Bertz CT molecular complexity index is 1210. The molecule has 6 nitrogen and oxygen atoms in total. The van der Waals surface area contributed by atoms with Crippen molar-refractivity contribution in [2.24, 2.45) is 0 Å². The lowest BCUT2D eigenvalue weighted by Crippen LogP contribution is -2.28. The van der Waals surface area contributed by atoms with Gasteiger partial charge in [-0.2, -0.15) is 0 Å². The number of nitrogens with zero attached hydrogens (tertiary/aromatic N) is 2. The van der Waals surface area contributed by atoms with Crippen molar-refractivity contribution in [3.05, 3.63) is 75.7 Å². The number of pyridine rings is 1. The Morgan fingerprint density at radius 2 is 1.87 bits per heavy atom. The number of carbonyl (C=O) groups excluding carboxylic acids is 2. The van der Waals surface area contributed by atoms with E-state index in [2.05, 4.69) is 5.32 Å². The average molecular weight is 418 g/mol. The van der Waals surface area contributed by atoms with Crippen LogP contribution in [0.4, 0.5) is 5.69 Å². The number of hydrogen-bond donors (Lipinski definition) is 1. The summed E-state index contributed by atoms with van der Waals surface area (Å²) in [6.07, 6.45) is 4.06. The van der Waals surface area contributed by atoms with Gasteiger partial charge in [0.15, 0.2) is 0 Å². The van der Waals surface area contributed by atoms with Gasteiger partial charge in [0.1, 0.15) is 0 Å². The first-order valence-electron chi connectivity index (χ1n) is 10.7. The minimum Gasteiger partial charge on any atom is -0.343 e. The van der Waals surface area contributed by atoms with Gasteiger partial charge in [0.25, 0.3) is 11.5 Å². The summed E-state index contributed by atoms with van der Waals surface area (Å²) in [5, 5.41) is 4.26. The predicted octanol–water partition coefficient (Wildman–Crippen LogP) is 3.88. The number of carbonyl (C=O) groups is 2. The van der Waals surface area contributed by atoms with Gasteiger partial charge >= 0.3 is 0 Å². The topological polar surface area (TPSA) is 71.4 Å². The molecule has 1 N–H and O–H groups in total. The normalized spacial score (nSPS) is 13.7. The second kappa shape index (κ2) is 8.76. The number of amides is 2. The van der Waals surface area contributed by atoms with E-state index in [0.29, 0.717) is 36.1 Å². The number of benzene rings is 2. The standard InChI is InChI=1S/C25H27N3O3/c1-17-9-10-18(2)21(16-17)24(30)26-22-7-3-6-20-19(22)11-15-28(25(20)31)14-5-13-27-12-4-8-23(27)29/h3,6-7,9-11,15-16H,4-5,8,12-14H2,1-2H3,(H,26,30). The molecule has 1 saturated heterocycles. The molecular formula is C25H27N3O3. The Morgan fingerprint density at radius 1 is 1.03 bits per heavy atom. The number of aryl methyl sites for hydroxylation is 3. The van der Waals surface area contributed by atoms with Crippen LogP contribution < -0.4 is 10.9 Å². The highest BCUT2D eigenvalue weighted by atomic mass is 16.2. The van der Waals surface area contributed by atoms with Gasteiger partial charge in [-0.05, 0) is 56.5 Å². The first-order chi connectivity index (χ1) is 14.9. The summed E-state index contributed by atoms with van der Waals surface area (Å²) in [6, 6.07) is 13.0. The monoisotopic (exact) mass is 417 g/mol. The highest BCUT2D eigenvalue weighted by Crippen LogP contribution is 2.22. The van der Waals surface area contributed by atoms with Gasteiger partial charge in [-0.15, -0.1) is 0 Å². The zero-order chi connectivity index (χ0) is 22.0. The summed E-state index contributed by atoms with van der Waals surface area (Å²) in [4.78, 5) is 39.5.